The van der Waals surface area contributed by atoms with Crippen LogP contribution in [0.4, 0.5) is 0 Å². The zero-order valence-corrected chi connectivity index (χ0v) is 12.9. The zero-order valence-electron chi connectivity index (χ0n) is 12.1. The fourth-order valence-corrected chi connectivity index (χ4v) is 2.51. The predicted molar refractivity (Wildman–Crippen MR) is 83.3 cm³/mol. The lowest BCUT2D eigenvalue weighted by Gasteiger charge is -2.18. The minimum absolute atomic E-state index is 0.0260. The Labute approximate surface area is 129 Å². The van der Waals surface area contributed by atoms with Crippen LogP contribution in [0.1, 0.15) is 35.3 Å². The molecule has 0 bridgehead atoms. The number of rotatable bonds is 5. The summed E-state index contributed by atoms with van der Waals surface area (Å²) in [6.07, 6.45) is 1.59. The molecule has 3 N–H and O–H groups in total. The number of hydrogen-bond acceptors (Lipinski definition) is 4. The van der Waals surface area contributed by atoms with Crippen molar-refractivity contribution in [2.75, 3.05) is 0 Å². The minimum Gasteiger partial charge on any atom is -0.506 e. The van der Waals surface area contributed by atoms with E-state index >= 15 is 0 Å². The van der Waals surface area contributed by atoms with Gasteiger partial charge in [0.25, 0.3) is 0 Å². The first-order valence-electron chi connectivity index (χ1n) is 6.79. The van der Waals surface area contributed by atoms with Gasteiger partial charge in [-0.1, -0.05) is 29.8 Å². The van der Waals surface area contributed by atoms with E-state index in [2.05, 4.69) is 10.3 Å². The van der Waals surface area contributed by atoms with Crippen LogP contribution < -0.4 is 5.32 Å². The number of nitrogens with zero attached hydrogens (tertiary/aromatic N) is 1. The third-order valence-electron chi connectivity index (χ3n) is 3.56. The molecule has 1 atom stereocenters. The number of aromatic hydroxyl groups is 1. The van der Waals surface area contributed by atoms with Crippen molar-refractivity contribution in [3.05, 3.63) is 57.9 Å². The predicted octanol–water partition coefficient (Wildman–Crippen LogP) is 3.09. The van der Waals surface area contributed by atoms with Gasteiger partial charge in [0.15, 0.2) is 0 Å². The average Bonchev–Trinajstić information content (AvgIpc) is 2.49. The summed E-state index contributed by atoms with van der Waals surface area (Å²) in [5.41, 5.74) is 2.84. The van der Waals surface area contributed by atoms with Crippen LogP contribution in [0.3, 0.4) is 0 Å². The molecule has 0 unspecified atom stereocenters. The maximum Gasteiger partial charge on any atom is 0.141 e. The van der Waals surface area contributed by atoms with Crippen LogP contribution in [0.5, 0.6) is 5.75 Å². The molecule has 0 amide bonds. The van der Waals surface area contributed by atoms with Crippen molar-refractivity contribution in [3.63, 3.8) is 0 Å². The van der Waals surface area contributed by atoms with Crippen LogP contribution in [-0.2, 0) is 13.2 Å². The standard InChI is InChI=1S/C16H19ClN2O2/c1-10(13-5-3-4-6-15(13)17)19-8-14-12(9-20)7-18-11(2)16(14)21/h3-7,10,19-21H,8-9H2,1-2H3/t10-/m0/s1. The summed E-state index contributed by atoms with van der Waals surface area (Å²) >= 11 is 6.18. The second kappa shape index (κ2) is 6.89. The van der Waals surface area contributed by atoms with Gasteiger partial charge in [0.1, 0.15) is 5.75 Å². The summed E-state index contributed by atoms with van der Waals surface area (Å²) in [6.45, 7) is 4.01. The van der Waals surface area contributed by atoms with Crippen molar-refractivity contribution in [3.8, 4) is 5.75 Å². The summed E-state index contributed by atoms with van der Waals surface area (Å²) in [7, 11) is 0. The van der Waals surface area contributed by atoms with E-state index in [1.54, 1.807) is 13.1 Å². The fraction of sp³-hybridized carbons (Fsp3) is 0.312. The Morgan fingerprint density at radius 2 is 2.05 bits per heavy atom. The number of aliphatic hydroxyl groups excluding tert-OH is 1. The highest BCUT2D eigenvalue weighted by Gasteiger charge is 2.14. The average molecular weight is 307 g/mol. The van der Waals surface area contributed by atoms with Crippen molar-refractivity contribution in [2.24, 2.45) is 0 Å². The number of aryl methyl sites for hydroxylation is 1. The molecule has 2 aromatic rings. The summed E-state index contributed by atoms with van der Waals surface area (Å²) < 4.78 is 0. The Balaban J connectivity index is 2.17. The van der Waals surface area contributed by atoms with E-state index in [0.717, 1.165) is 5.56 Å². The molecule has 2 rings (SSSR count). The third-order valence-corrected chi connectivity index (χ3v) is 3.90. The van der Waals surface area contributed by atoms with Gasteiger partial charge in [0.2, 0.25) is 0 Å². The van der Waals surface area contributed by atoms with Crippen molar-refractivity contribution >= 4 is 11.6 Å². The van der Waals surface area contributed by atoms with Gasteiger partial charge < -0.3 is 15.5 Å². The summed E-state index contributed by atoms with van der Waals surface area (Å²) in [5, 5.41) is 23.5. The molecule has 0 aliphatic carbocycles. The molecule has 0 radical (unpaired) electrons. The van der Waals surface area contributed by atoms with Gasteiger partial charge in [-0.3, -0.25) is 4.98 Å². The van der Waals surface area contributed by atoms with Gasteiger partial charge in [-0.2, -0.15) is 0 Å². The number of pyridine rings is 1. The summed E-state index contributed by atoms with van der Waals surface area (Å²) in [5.74, 6) is 0.125. The Kier molecular flexibility index (Phi) is 5.17. The first kappa shape index (κ1) is 15.8. The monoisotopic (exact) mass is 306 g/mol. The molecule has 112 valence electrons. The highest BCUT2D eigenvalue weighted by Crippen LogP contribution is 2.26. The quantitative estimate of drug-likeness (QED) is 0.794. The Morgan fingerprint density at radius 3 is 2.71 bits per heavy atom. The van der Waals surface area contributed by atoms with E-state index in [0.29, 0.717) is 28.4 Å². The minimum atomic E-state index is -0.154. The molecule has 1 aromatic heterocycles. The molecule has 0 fully saturated rings. The number of hydrogen-bond donors (Lipinski definition) is 3. The normalized spacial score (nSPS) is 12.4. The van der Waals surface area contributed by atoms with Crippen LogP contribution in [0.25, 0.3) is 0 Å². The highest BCUT2D eigenvalue weighted by atomic mass is 35.5. The fourth-order valence-electron chi connectivity index (χ4n) is 2.21. The van der Waals surface area contributed by atoms with E-state index in [1.807, 2.05) is 31.2 Å². The van der Waals surface area contributed by atoms with Gasteiger partial charge in [-0.05, 0) is 25.5 Å². The molecule has 1 aromatic carbocycles. The van der Waals surface area contributed by atoms with Crippen LogP contribution in [0.15, 0.2) is 30.5 Å². The summed E-state index contributed by atoms with van der Waals surface area (Å²) in [4.78, 5) is 4.05. The number of benzene rings is 1. The Morgan fingerprint density at radius 1 is 1.33 bits per heavy atom. The van der Waals surface area contributed by atoms with Crippen molar-refractivity contribution in [2.45, 2.75) is 33.0 Å². The maximum atomic E-state index is 10.1. The van der Waals surface area contributed by atoms with E-state index < -0.39 is 0 Å². The maximum absolute atomic E-state index is 10.1. The largest absolute Gasteiger partial charge is 0.506 e. The first-order valence-corrected chi connectivity index (χ1v) is 7.17. The van der Waals surface area contributed by atoms with Crippen LogP contribution in [0, 0.1) is 6.92 Å². The molecule has 5 heteroatoms. The number of aromatic nitrogens is 1. The Bertz CT molecular complexity index is 632. The van der Waals surface area contributed by atoms with Crippen LogP contribution in [-0.4, -0.2) is 15.2 Å². The van der Waals surface area contributed by atoms with Gasteiger partial charge in [-0.25, -0.2) is 0 Å². The topological polar surface area (TPSA) is 65.4 Å². The molecule has 0 aliphatic rings. The lowest BCUT2D eigenvalue weighted by atomic mass is 10.1. The van der Waals surface area contributed by atoms with Gasteiger partial charge in [0, 0.05) is 34.9 Å². The smallest absolute Gasteiger partial charge is 0.141 e. The van der Waals surface area contributed by atoms with Gasteiger partial charge >= 0.3 is 0 Å². The molecule has 0 saturated carbocycles. The molecule has 1 heterocycles. The van der Waals surface area contributed by atoms with E-state index in [4.69, 9.17) is 11.6 Å². The first-order chi connectivity index (χ1) is 10.0. The lowest BCUT2D eigenvalue weighted by molar-refractivity contribution is 0.278. The van der Waals surface area contributed by atoms with Crippen LogP contribution in [0.2, 0.25) is 5.02 Å². The third kappa shape index (κ3) is 3.53. The molecular formula is C16H19ClN2O2. The summed E-state index contributed by atoms with van der Waals surface area (Å²) in [6, 6.07) is 7.66. The van der Waals surface area contributed by atoms with Gasteiger partial charge in [0.05, 0.1) is 12.3 Å². The molecule has 0 spiro atoms. The van der Waals surface area contributed by atoms with Crippen LogP contribution >= 0.6 is 11.6 Å². The molecule has 4 nitrogen and oxygen atoms in total. The second-order valence-corrected chi connectivity index (χ2v) is 5.39. The van der Waals surface area contributed by atoms with Crippen molar-refractivity contribution in [1.82, 2.24) is 10.3 Å². The Hall–Kier alpha value is -1.62. The molecular weight excluding hydrogens is 288 g/mol. The van der Waals surface area contributed by atoms with E-state index in [9.17, 15) is 10.2 Å². The van der Waals surface area contributed by atoms with E-state index in [-0.39, 0.29) is 18.4 Å². The van der Waals surface area contributed by atoms with E-state index in [1.165, 1.54) is 0 Å². The van der Waals surface area contributed by atoms with Crippen molar-refractivity contribution < 1.29 is 10.2 Å². The molecule has 0 saturated heterocycles. The lowest BCUT2D eigenvalue weighted by Crippen LogP contribution is -2.19. The van der Waals surface area contributed by atoms with Crippen molar-refractivity contribution in [1.29, 1.82) is 0 Å². The number of nitrogens with one attached hydrogen (secondary N) is 1. The zero-order chi connectivity index (χ0) is 15.4. The van der Waals surface area contributed by atoms with Gasteiger partial charge in [-0.15, -0.1) is 0 Å². The number of aliphatic hydroxyl groups is 1. The molecule has 0 aliphatic heterocycles. The molecule has 21 heavy (non-hydrogen) atoms. The second-order valence-electron chi connectivity index (χ2n) is 4.98. The number of halogens is 1. The SMILES string of the molecule is Cc1ncc(CO)c(CN[C@@H](C)c2ccccc2Cl)c1O. The highest BCUT2D eigenvalue weighted by molar-refractivity contribution is 6.31.